The van der Waals surface area contributed by atoms with Crippen LogP contribution in [0.1, 0.15) is 61.1 Å². The van der Waals surface area contributed by atoms with Crippen LogP contribution in [0.25, 0.3) is 45.3 Å². The van der Waals surface area contributed by atoms with Crippen LogP contribution in [-0.4, -0.2) is 15.0 Å². The van der Waals surface area contributed by atoms with Gasteiger partial charge in [-0.25, -0.2) is 15.0 Å². The lowest BCUT2D eigenvalue weighted by molar-refractivity contribution is 0.632. The number of rotatable bonds is 6. The minimum atomic E-state index is -0.278. The van der Waals surface area contributed by atoms with E-state index in [2.05, 4.69) is 165 Å². The maximum absolute atomic E-state index is 10.5. The Hall–Kier alpha value is -8.65. The van der Waals surface area contributed by atoms with Crippen molar-refractivity contribution in [1.82, 2.24) is 15.0 Å². The van der Waals surface area contributed by atoms with E-state index in [1.54, 1.807) is 0 Å². The van der Waals surface area contributed by atoms with Crippen LogP contribution in [0.3, 0.4) is 0 Å². The molecule has 0 radical (unpaired) electrons. The number of hydrogen-bond acceptors (Lipinski definition) is 7. The van der Waals surface area contributed by atoms with Gasteiger partial charge in [0, 0.05) is 27.5 Å². The van der Waals surface area contributed by atoms with Crippen LogP contribution in [0.4, 0.5) is 34.1 Å². The zero-order valence-corrected chi connectivity index (χ0v) is 37.0. The lowest BCUT2D eigenvalue weighted by Crippen LogP contribution is -2.30. The summed E-state index contributed by atoms with van der Waals surface area (Å²) in [6.45, 7) is 9.10. The minimum absolute atomic E-state index is 0.274. The highest BCUT2D eigenvalue weighted by atomic mass is 15.2. The Kier molecular flexibility index (Phi) is 9.46. The number of nitriles is 2. The smallest absolute Gasteiger partial charge is 0.166 e. The molecule has 1 aromatic heterocycles. The Bertz CT molecular complexity index is 3380. The van der Waals surface area contributed by atoms with Gasteiger partial charge in [0.05, 0.1) is 57.4 Å². The van der Waals surface area contributed by atoms with Crippen LogP contribution in [0, 0.1) is 22.7 Å². The van der Waals surface area contributed by atoms with Crippen molar-refractivity contribution < 1.29 is 0 Å². The molecule has 0 N–H and O–H groups in total. The Morgan fingerprint density at radius 3 is 1.29 bits per heavy atom. The molecule has 8 aromatic carbocycles. The average Bonchev–Trinajstić information content (AvgIpc) is 3.37. The molecule has 2 aliphatic rings. The van der Waals surface area contributed by atoms with Gasteiger partial charge in [-0.3, -0.25) is 0 Å². The van der Waals surface area contributed by atoms with Crippen molar-refractivity contribution in [3.05, 3.63) is 221 Å². The standard InChI is InChI=1S/C59H43N7/c1-58(2)45-22-10-14-26-51(45)65(52-27-15-11-23-46(52)58)49-32-30-38(36-60)34-43(49)56-62-55(39-18-6-5-7-19-39)63-57(64-56)44-35-40(42-21-9-8-20-41(42)37-61)31-33-50(44)66-53-28-16-12-24-47(53)59(3,4)48-25-13-17-29-54(48)66/h5-35H,1-4H3. The van der Waals surface area contributed by atoms with E-state index in [-0.39, 0.29) is 10.8 Å². The normalized spacial score (nSPS) is 13.9. The van der Waals surface area contributed by atoms with E-state index in [1.807, 2.05) is 72.8 Å². The van der Waals surface area contributed by atoms with Crippen LogP contribution in [0.5, 0.6) is 0 Å². The summed E-state index contributed by atoms with van der Waals surface area (Å²) >= 11 is 0. The van der Waals surface area contributed by atoms with Gasteiger partial charge in [0.15, 0.2) is 17.5 Å². The summed E-state index contributed by atoms with van der Waals surface area (Å²) in [5, 5.41) is 20.8. The molecule has 0 unspecified atom stereocenters. The first-order valence-corrected chi connectivity index (χ1v) is 22.2. The first-order valence-electron chi connectivity index (χ1n) is 22.2. The van der Waals surface area contributed by atoms with Gasteiger partial charge < -0.3 is 9.80 Å². The Morgan fingerprint density at radius 1 is 0.364 bits per heavy atom. The highest BCUT2D eigenvalue weighted by Crippen LogP contribution is 2.55. The largest absolute Gasteiger partial charge is 0.309 e. The first kappa shape index (κ1) is 40.1. The summed E-state index contributed by atoms with van der Waals surface area (Å²) in [4.78, 5) is 20.8. The maximum atomic E-state index is 10.5. The van der Waals surface area contributed by atoms with E-state index in [4.69, 9.17) is 15.0 Å². The molecule has 0 atom stereocenters. The average molecular weight is 850 g/mol. The molecule has 314 valence electrons. The molecule has 7 nitrogen and oxygen atoms in total. The number of nitrogens with zero attached hydrogens (tertiary/aromatic N) is 7. The highest BCUT2D eigenvalue weighted by molar-refractivity contribution is 5.95. The Balaban J connectivity index is 1.22. The topological polar surface area (TPSA) is 92.7 Å². The predicted octanol–water partition coefficient (Wildman–Crippen LogP) is 14.5. The van der Waals surface area contributed by atoms with Crippen LogP contribution in [0.2, 0.25) is 0 Å². The van der Waals surface area contributed by atoms with Gasteiger partial charge in [-0.15, -0.1) is 0 Å². The SMILES string of the molecule is CC1(C)c2ccccc2N(c2ccc(C#N)cc2-c2nc(-c3ccccc3)nc(-c3cc(-c4ccccc4C#N)ccc3N3c4ccccc4C(C)(C)c4ccccc43)n2)c2ccccc21. The number of aromatic nitrogens is 3. The molecular weight excluding hydrogens is 807 g/mol. The monoisotopic (exact) mass is 849 g/mol. The molecule has 9 aromatic rings. The van der Waals surface area contributed by atoms with Crippen molar-refractivity contribution in [3.63, 3.8) is 0 Å². The molecule has 3 heterocycles. The molecule has 0 saturated carbocycles. The van der Waals surface area contributed by atoms with E-state index in [0.29, 0.717) is 34.2 Å². The number of para-hydroxylation sites is 4. The summed E-state index contributed by atoms with van der Waals surface area (Å²) < 4.78 is 0. The second-order valence-corrected chi connectivity index (χ2v) is 17.9. The third-order valence-electron chi connectivity index (χ3n) is 13.4. The van der Waals surface area contributed by atoms with Crippen molar-refractivity contribution in [1.29, 1.82) is 10.5 Å². The van der Waals surface area contributed by atoms with Gasteiger partial charge in [-0.05, 0) is 94.0 Å². The van der Waals surface area contributed by atoms with E-state index in [1.165, 1.54) is 22.3 Å². The second-order valence-electron chi connectivity index (χ2n) is 17.9. The Labute approximate surface area is 385 Å². The highest BCUT2D eigenvalue weighted by Gasteiger charge is 2.39. The van der Waals surface area contributed by atoms with Gasteiger partial charge in [0.25, 0.3) is 0 Å². The van der Waals surface area contributed by atoms with Crippen molar-refractivity contribution in [2.75, 3.05) is 9.80 Å². The fourth-order valence-electron chi connectivity index (χ4n) is 10.1. The maximum Gasteiger partial charge on any atom is 0.166 e. The molecule has 0 aliphatic carbocycles. The van der Waals surface area contributed by atoms with Gasteiger partial charge in [-0.2, -0.15) is 10.5 Å². The molecule has 0 fully saturated rings. The summed E-state index contributed by atoms with van der Waals surface area (Å²) in [6.07, 6.45) is 0. The quantitative estimate of drug-likeness (QED) is 0.164. The summed E-state index contributed by atoms with van der Waals surface area (Å²) in [6, 6.07) is 68.8. The summed E-state index contributed by atoms with van der Waals surface area (Å²) in [5.41, 5.74) is 15.1. The molecule has 0 amide bonds. The van der Waals surface area contributed by atoms with Crippen molar-refractivity contribution in [3.8, 4) is 57.4 Å². The van der Waals surface area contributed by atoms with Crippen molar-refractivity contribution >= 4 is 34.1 Å². The molecule has 0 saturated heterocycles. The molecule has 66 heavy (non-hydrogen) atoms. The molecule has 11 rings (SSSR count). The zero-order chi connectivity index (χ0) is 45.2. The lowest BCUT2D eigenvalue weighted by Gasteiger charge is -2.42. The van der Waals surface area contributed by atoms with Crippen LogP contribution < -0.4 is 9.80 Å². The molecule has 2 aliphatic heterocycles. The van der Waals surface area contributed by atoms with Gasteiger partial charge in [0.2, 0.25) is 0 Å². The van der Waals surface area contributed by atoms with Gasteiger partial charge in [-0.1, -0.05) is 155 Å². The fourth-order valence-corrected chi connectivity index (χ4v) is 10.1. The molecule has 0 bridgehead atoms. The number of anilines is 6. The third-order valence-corrected chi connectivity index (χ3v) is 13.4. The lowest BCUT2D eigenvalue weighted by atomic mass is 9.73. The number of benzene rings is 8. The van der Waals surface area contributed by atoms with E-state index < -0.39 is 0 Å². The fraction of sp³-hybridized carbons (Fsp3) is 0.102. The molecule has 0 spiro atoms. The van der Waals surface area contributed by atoms with Gasteiger partial charge in [0.1, 0.15) is 0 Å². The zero-order valence-electron chi connectivity index (χ0n) is 37.0. The molecular formula is C59H43N7. The third kappa shape index (κ3) is 6.36. The van der Waals surface area contributed by atoms with Gasteiger partial charge >= 0.3 is 0 Å². The second kappa shape index (κ2) is 15.6. The number of fused-ring (bicyclic) bond motifs is 4. The molecule has 7 heteroatoms. The van der Waals surface area contributed by atoms with E-state index in [0.717, 1.165) is 56.4 Å². The Morgan fingerprint density at radius 2 is 0.788 bits per heavy atom. The van der Waals surface area contributed by atoms with Crippen LogP contribution in [-0.2, 0) is 10.8 Å². The van der Waals surface area contributed by atoms with Crippen molar-refractivity contribution in [2.24, 2.45) is 0 Å². The van der Waals surface area contributed by atoms with E-state index in [9.17, 15) is 10.5 Å². The number of hydrogen-bond donors (Lipinski definition) is 0. The predicted molar refractivity (Wildman–Crippen MR) is 265 cm³/mol. The van der Waals surface area contributed by atoms with Crippen molar-refractivity contribution in [2.45, 2.75) is 38.5 Å². The summed E-state index contributed by atoms with van der Waals surface area (Å²) in [7, 11) is 0. The first-order chi connectivity index (χ1) is 32.2. The van der Waals surface area contributed by atoms with Crippen LogP contribution >= 0.6 is 0 Å². The minimum Gasteiger partial charge on any atom is -0.309 e. The van der Waals surface area contributed by atoms with Crippen LogP contribution in [0.15, 0.2) is 188 Å². The van der Waals surface area contributed by atoms with E-state index >= 15 is 0 Å². The summed E-state index contributed by atoms with van der Waals surface area (Å²) in [5.74, 6) is 1.35.